The van der Waals surface area contributed by atoms with Crippen LogP contribution in [0.1, 0.15) is 49.9 Å². The van der Waals surface area contributed by atoms with E-state index in [1.807, 2.05) is 6.20 Å². The van der Waals surface area contributed by atoms with Crippen LogP contribution in [0.25, 0.3) is 88.3 Å². The van der Waals surface area contributed by atoms with Crippen molar-refractivity contribution in [2.24, 2.45) is 0 Å². The van der Waals surface area contributed by atoms with Crippen LogP contribution in [0.15, 0.2) is 140 Å². The Morgan fingerprint density at radius 3 is 1.44 bits per heavy atom. The number of nitrogens with zero attached hydrogens (tertiary/aromatic N) is 1. The summed E-state index contributed by atoms with van der Waals surface area (Å²) in [5, 5.41) is 5.07. The van der Waals surface area contributed by atoms with Gasteiger partial charge in [-0.15, -0.1) is 0 Å². The quantitative estimate of drug-likeness (QED) is 0.184. The lowest BCUT2D eigenvalue weighted by Gasteiger charge is -2.24. The van der Waals surface area contributed by atoms with Gasteiger partial charge in [-0.2, -0.15) is 0 Å². The first-order chi connectivity index (χ1) is 24.3. The monoisotopic (exact) mass is 637 g/mol. The standard InChI is InChI=1S/C49H35N/c1-48(2)39-17-7-5-13-31(39)33-21-19-29(25-41(33)48)44-35-23-24-50-27-38(35)45(47-37-16-10-12-28-11-9-15-36(43(28)37)46(44)47)30-20-22-34-32-14-6-8-18-40(32)49(3,4)42(34)26-30/h5-27H,1-4H3. The first-order valence-electron chi connectivity index (χ1n) is 17.8. The van der Waals surface area contributed by atoms with E-state index in [1.165, 1.54) is 111 Å². The average Bonchev–Trinajstić information content (AvgIpc) is 3.68. The largest absolute Gasteiger partial charge is 0.264 e. The van der Waals surface area contributed by atoms with Crippen molar-refractivity contribution in [3.63, 3.8) is 0 Å². The fourth-order valence-electron chi connectivity index (χ4n) is 9.95. The third-order valence-electron chi connectivity index (χ3n) is 12.3. The molecule has 0 saturated carbocycles. The summed E-state index contributed by atoms with van der Waals surface area (Å²) in [5.74, 6) is 0. The van der Waals surface area contributed by atoms with E-state index in [2.05, 4.69) is 161 Å². The van der Waals surface area contributed by atoms with Gasteiger partial charge in [0.25, 0.3) is 0 Å². The van der Waals surface area contributed by atoms with Crippen LogP contribution in [0.4, 0.5) is 0 Å². The maximum atomic E-state index is 4.80. The van der Waals surface area contributed by atoms with Gasteiger partial charge in [0.2, 0.25) is 0 Å². The SMILES string of the molecule is CC1(C)c2ccccc2-c2ccc(-c3c4c(c(-c5ccc6c(c5)C(C)(C)c5ccccc5-6)c5cnccc35)-c3cccc5cccc-4c35)cc21. The van der Waals surface area contributed by atoms with Crippen LogP contribution in [0.3, 0.4) is 0 Å². The minimum atomic E-state index is -0.0864. The Morgan fingerprint density at radius 1 is 0.400 bits per heavy atom. The third kappa shape index (κ3) is 3.40. The summed E-state index contributed by atoms with van der Waals surface area (Å²) in [6.07, 6.45) is 4.08. The first kappa shape index (κ1) is 28.1. The Balaban J connectivity index is 1.25. The topological polar surface area (TPSA) is 12.9 Å². The van der Waals surface area contributed by atoms with Crippen molar-refractivity contribution < 1.29 is 0 Å². The molecule has 0 spiro atoms. The summed E-state index contributed by atoms with van der Waals surface area (Å²) in [7, 11) is 0. The van der Waals surface area contributed by atoms with E-state index in [-0.39, 0.29) is 10.8 Å². The number of aromatic nitrogens is 1. The van der Waals surface area contributed by atoms with Gasteiger partial charge in [-0.25, -0.2) is 0 Å². The zero-order valence-electron chi connectivity index (χ0n) is 28.7. The second-order valence-corrected chi connectivity index (χ2v) is 15.5. The second-order valence-electron chi connectivity index (χ2n) is 15.5. The summed E-state index contributed by atoms with van der Waals surface area (Å²) in [4.78, 5) is 4.80. The predicted octanol–water partition coefficient (Wildman–Crippen LogP) is 13.0. The summed E-state index contributed by atoms with van der Waals surface area (Å²) in [6, 6.07) is 48.2. The number of hydrogen-bond acceptors (Lipinski definition) is 1. The maximum Gasteiger partial charge on any atom is 0.0353 e. The Kier molecular flexibility index (Phi) is 5.31. The summed E-state index contributed by atoms with van der Waals surface area (Å²) < 4.78 is 0. The average molecular weight is 638 g/mol. The van der Waals surface area contributed by atoms with Gasteiger partial charge in [-0.1, -0.05) is 137 Å². The van der Waals surface area contributed by atoms with Gasteiger partial charge in [0.1, 0.15) is 0 Å². The van der Waals surface area contributed by atoms with E-state index in [1.54, 1.807) is 0 Å². The molecule has 0 unspecified atom stereocenters. The molecule has 0 atom stereocenters. The molecule has 8 aromatic rings. The van der Waals surface area contributed by atoms with Crippen molar-refractivity contribution in [3.8, 4) is 66.8 Å². The van der Waals surface area contributed by atoms with Gasteiger partial charge in [-0.05, 0) is 123 Å². The molecular weight excluding hydrogens is 603 g/mol. The first-order valence-corrected chi connectivity index (χ1v) is 17.8. The van der Waals surface area contributed by atoms with E-state index < -0.39 is 0 Å². The predicted molar refractivity (Wildman–Crippen MR) is 210 cm³/mol. The number of benzene rings is 7. The smallest absolute Gasteiger partial charge is 0.0353 e. The van der Waals surface area contributed by atoms with Gasteiger partial charge >= 0.3 is 0 Å². The van der Waals surface area contributed by atoms with Crippen molar-refractivity contribution >= 4 is 21.5 Å². The molecular formula is C49H35N. The highest BCUT2D eigenvalue weighted by molar-refractivity contribution is 6.27. The molecule has 0 saturated heterocycles. The highest BCUT2D eigenvalue weighted by atomic mass is 14.6. The van der Waals surface area contributed by atoms with E-state index in [0.717, 1.165) is 0 Å². The Morgan fingerprint density at radius 2 is 0.880 bits per heavy atom. The molecule has 1 heteroatoms. The van der Waals surface area contributed by atoms with E-state index in [9.17, 15) is 0 Å². The van der Waals surface area contributed by atoms with Crippen LogP contribution < -0.4 is 0 Å². The second kappa shape index (κ2) is 9.46. The molecule has 1 heterocycles. The van der Waals surface area contributed by atoms with Crippen molar-refractivity contribution in [3.05, 3.63) is 162 Å². The minimum Gasteiger partial charge on any atom is -0.264 e. The van der Waals surface area contributed by atoms with Crippen LogP contribution in [0, 0.1) is 0 Å². The van der Waals surface area contributed by atoms with Gasteiger partial charge in [0, 0.05) is 28.6 Å². The zero-order chi connectivity index (χ0) is 33.5. The summed E-state index contributed by atoms with van der Waals surface area (Å²) in [5.41, 5.74) is 21.2. The molecule has 1 aromatic heterocycles. The molecule has 11 rings (SSSR count). The van der Waals surface area contributed by atoms with Gasteiger partial charge < -0.3 is 0 Å². The van der Waals surface area contributed by atoms with Gasteiger partial charge in [-0.3, -0.25) is 4.98 Å². The highest BCUT2D eigenvalue weighted by Gasteiger charge is 2.38. The molecule has 0 radical (unpaired) electrons. The molecule has 0 bridgehead atoms. The van der Waals surface area contributed by atoms with Crippen LogP contribution >= 0.6 is 0 Å². The molecule has 3 aliphatic carbocycles. The molecule has 0 N–H and O–H groups in total. The van der Waals surface area contributed by atoms with Crippen molar-refractivity contribution in [1.29, 1.82) is 0 Å². The lowest BCUT2D eigenvalue weighted by molar-refractivity contribution is 0.660. The number of rotatable bonds is 2. The lowest BCUT2D eigenvalue weighted by atomic mass is 9.78. The Bertz CT molecular complexity index is 2620. The number of fused-ring (bicyclic) bond motifs is 10. The summed E-state index contributed by atoms with van der Waals surface area (Å²) in [6.45, 7) is 9.50. The van der Waals surface area contributed by atoms with Crippen LogP contribution in [-0.4, -0.2) is 4.98 Å². The minimum absolute atomic E-state index is 0.0832. The van der Waals surface area contributed by atoms with E-state index in [0.29, 0.717) is 0 Å². The van der Waals surface area contributed by atoms with E-state index >= 15 is 0 Å². The third-order valence-corrected chi connectivity index (χ3v) is 12.3. The lowest BCUT2D eigenvalue weighted by Crippen LogP contribution is -2.15. The Labute approximate surface area is 292 Å². The maximum absolute atomic E-state index is 4.80. The zero-order valence-corrected chi connectivity index (χ0v) is 28.7. The highest BCUT2D eigenvalue weighted by Crippen LogP contribution is 2.59. The van der Waals surface area contributed by atoms with E-state index in [4.69, 9.17) is 4.98 Å². The fraction of sp³-hybridized carbons (Fsp3) is 0.122. The van der Waals surface area contributed by atoms with Crippen LogP contribution in [-0.2, 0) is 10.8 Å². The summed E-state index contributed by atoms with van der Waals surface area (Å²) >= 11 is 0. The van der Waals surface area contributed by atoms with Gasteiger partial charge in [0.15, 0.2) is 0 Å². The van der Waals surface area contributed by atoms with Gasteiger partial charge in [0.05, 0.1) is 0 Å². The molecule has 0 amide bonds. The fourth-order valence-corrected chi connectivity index (χ4v) is 9.95. The molecule has 236 valence electrons. The van der Waals surface area contributed by atoms with Crippen molar-refractivity contribution in [1.82, 2.24) is 4.98 Å². The van der Waals surface area contributed by atoms with Crippen LogP contribution in [0.2, 0.25) is 0 Å². The number of pyridine rings is 1. The van der Waals surface area contributed by atoms with Crippen LogP contribution in [0.5, 0.6) is 0 Å². The molecule has 1 nitrogen and oxygen atoms in total. The van der Waals surface area contributed by atoms with Crippen molar-refractivity contribution in [2.75, 3.05) is 0 Å². The molecule has 0 aliphatic heterocycles. The molecule has 0 fully saturated rings. The molecule has 7 aromatic carbocycles. The van der Waals surface area contributed by atoms with Crippen molar-refractivity contribution in [2.45, 2.75) is 38.5 Å². The molecule has 50 heavy (non-hydrogen) atoms. The molecule has 3 aliphatic rings. The normalized spacial score (nSPS) is 15.1. The Hall–Kier alpha value is -5.79. The number of hydrogen-bond donors (Lipinski definition) is 0.